The van der Waals surface area contributed by atoms with E-state index in [-0.39, 0.29) is 0 Å². The Kier molecular flexibility index (Phi) is 5.29. The number of hydrogen-bond donors (Lipinski definition) is 0. The molecule has 0 spiro atoms. The van der Waals surface area contributed by atoms with Crippen LogP contribution in [-0.2, 0) is 6.61 Å². The third-order valence-electron chi connectivity index (χ3n) is 3.46. The molecule has 0 aromatic heterocycles. The zero-order chi connectivity index (χ0) is 16.9. The van der Waals surface area contributed by atoms with Crippen LogP contribution < -0.4 is 9.47 Å². The molecule has 3 aromatic rings. The van der Waals surface area contributed by atoms with Crippen LogP contribution in [-0.4, -0.2) is 0 Å². The van der Waals surface area contributed by atoms with Gasteiger partial charge in [-0.05, 0) is 61.0 Å². The molecule has 0 aliphatic rings. The molecule has 24 heavy (non-hydrogen) atoms. The predicted octanol–water partition coefficient (Wildman–Crippen LogP) is 6.67. The molecule has 0 amide bonds. The van der Waals surface area contributed by atoms with Gasteiger partial charge >= 0.3 is 0 Å². The molecule has 0 saturated carbocycles. The zero-order valence-corrected chi connectivity index (χ0v) is 14.6. The van der Waals surface area contributed by atoms with Gasteiger partial charge in [0.15, 0.2) is 0 Å². The molecule has 0 unspecified atom stereocenters. The van der Waals surface area contributed by atoms with Crippen LogP contribution in [0, 0.1) is 6.92 Å². The summed E-state index contributed by atoms with van der Waals surface area (Å²) in [6.07, 6.45) is 0. The van der Waals surface area contributed by atoms with Crippen molar-refractivity contribution in [3.05, 3.63) is 87.9 Å². The van der Waals surface area contributed by atoms with Gasteiger partial charge in [0.2, 0.25) is 0 Å². The van der Waals surface area contributed by atoms with E-state index in [2.05, 4.69) is 0 Å². The zero-order valence-electron chi connectivity index (χ0n) is 13.1. The van der Waals surface area contributed by atoms with Crippen molar-refractivity contribution in [1.29, 1.82) is 0 Å². The van der Waals surface area contributed by atoms with E-state index in [1.807, 2.05) is 61.5 Å². The number of aryl methyl sites for hydroxylation is 1. The van der Waals surface area contributed by atoms with Crippen LogP contribution in [0.15, 0.2) is 66.7 Å². The van der Waals surface area contributed by atoms with E-state index >= 15 is 0 Å². The van der Waals surface area contributed by atoms with E-state index in [0.717, 1.165) is 28.4 Å². The normalized spacial score (nSPS) is 10.5. The minimum atomic E-state index is 0.383. The second-order valence-electron chi connectivity index (χ2n) is 5.41. The molecular formula is C20H16Cl2O2. The standard InChI is InChI=1S/C20H16Cl2O2/c1-14-3-2-4-19(11-14)24-18-9-7-17(8-10-18)23-13-15-5-6-16(21)12-20(15)22/h2-12H,13H2,1H3. The highest BCUT2D eigenvalue weighted by atomic mass is 35.5. The molecule has 3 aromatic carbocycles. The van der Waals surface area contributed by atoms with Gasteiger partial charge in [-0.1, -0.05) is 41.4 Å². The first kappa shape index (κ1) is 16.7. The highest BCUT2D eigenvalue weighted by Crippen LogP contribution is 2.26. The van der Waals surface area contributed by atoms with Crippen molar-refractivity contribution < 1.29 is 9.47 Å². The molecular weight excluding hydrogens is 343 g/mol. The summed E-state index contributed by atoms with van der Waals surface area (Å²) in [6.45, 7) is 2.42. The fourth-order valence-electron chi connectivity index (χ4n) is 2.22. The molecule has 122 valence electrons. The minimum Gasteiger partial charge on any atom is -0.489 e. The van der Waals surface area contributed by atoms with Gasteiger partial charge in [-0.3, -0.25) is 0 Å². The Bertz CT molecular complexity index is 829. The number of ether oxygens (including phenoxy) is 2. The molecule has 0 bridgehead atoms. The Morgan fingerprint density at radius 2 is 1.54 bits per heavy atom. The van der Waals surface area contributed by atoms with Gasteiger partial charge in [0.25, 0.3) is 0 Å². The summed E-state index contributed by atoms with van der Waals surface area (Å²) >= 11 is 12.0. The first-order valence-electron chi connectivity index (χ1n) is 7.51. The van der Waals surface area contributed by atoms with E-state index < -0.39 is 0 Å². The van der Waals surface area contributed by atoms with Crippen molar-refractivity contribution in [2.75, 3.05) is 0 Å². The van der Waals surface area contributed by atoms with Crippen molar-refractivity contribution >= 4 is 23.2 Å². The van der Waals surface area contributed by atoms with E-state index in [0.29, 0.717) is 16.7 Å². The smallest absolute Gasteiger partial charge is 0.127 e. The topological polar surface area (TPSA) is 18.5 Å². The molecule has 0 aliphatic heterocycles. The summed E-state index contributed by atoms with van der Waals surface area (Å²) in [7, 11) is 0. The van der Waals surface area contributed by atoms with Gasteiger partial charge in [0, 0.05) is 15.6 Å². The molecule has 0 fully saturated rings. The molecule has 2 nitrogen and oxygen atoms in total. The minimum absolute atomic E-state index is 0.383. The van der Waals surface area contributed by atoms with Crippen molar-refractivity contribution in [3.63, 3.8) is 0 Å². The van der Waals surface area contributed by atoms with Crippen molar-refractivity contribution in [1.82, 2.24) is 0 Å². The number of halogens is 2. The third kappa shape index (κ3) is 4.44. The Hall–Kier alpha value is -2.16. The molecule has 0 heterocycles. The lowest BCUT2D eigenvalue weighted by atomic mass is 10.2. The Labute approximate surface area is 151 Å². The number of rotatable bonds is 5. The first-order chi connectivity index (χ1) is 11.6. The quantitative estimate of drug-likeness (QED) is 0.506. The van der Waals surface area contributed by atoms with Crippen LogP contribution in [0.3, 0.4) is 0 Å². The van der Waals surface area contributed by atoms with Crippen LogP contribution in [0.25, 0.3) is 0 Å². The number of benzene rings is 3. The first-order valence-corrected chi connectivity index (χ1v) is 8.27. The van der Waals surface area contributed by atoms with Gasteiger partial charge in [-0.15, -0.1) is 0 Å². The van der Waals surface area contributed by atoms with Crippen molar-refractivity contribution in [2.45, 2.75) is 13.5 Å². The summed E-state index contributed by atoms with van der Waals surface area (Å²) in [5.41, 5.74) is 2.05. The largest absolute Gasteiger partial charge is 0.489 e. The van der Waals surface area contributed by atoms with Gasteiger partial charge in [-0.2, -0.15) is 0 Å². The molecule has 0 aliphatic carbocycles. The Morgan fingerprint density at radius 1 is 0.792 bits per heavy atom. The molecule has 0 N–H and O–H groups in total. The average molecular weight is 359 g/mol. The SMILES string of the molecule is Cc1cccc(Oc2ccc(OCc3ccc(Cl)cc3Cl)cc2)c1. The van der Waals surface area contributed by atoms with E-state index in [1.54, 1.807) is 12.1 Å². The summed E-state index contributed by atoms with van der Waals surface area (Å²) in [5.74, 6) is 2.33. The lowest BCUT2D eigenvalue weighted by Gasteiger charge is -2.10. The molecule has 0 saturated heterocycles. The lowest BCUT2D eigenvalue weighted by Crippen LogP contribution is -1.96. The summed E-state index contributed by atoms with van der Waals surface area (Å²) < 4.78 is 11.6. The fraction of sp³-hybridized carbons (Fsp3) is 0.100. The molecule has 3 rings (SSSR count). The summed E-state index contributed by atoms with van der Waals surface area (Å²) in [6, 6.07) is 20.8. The second kappa shape index (κ2) is 7.61. The molecule has 4 heteroatoms. The lowest BCUT2D eigenvalue weighted by molar-refractivity contribution is 0.306. The summed E-state index contributed by atoms with van der Waals surface area (Å²) in [4.78, 5) is 0. The monoisotopic (exact) mass is 358 g/mol. The number of hydrogen-bond acceptors (Lipinski definition) is 2. The van der Waals surface area contributed by atoms with Crippen LogP contribution in [0.2, 0.25) is 10.0 Å². The molecule has 0 radical (unpaired) electrons. The molecule has 0 atom stereocenters. The van der Waals surface area contributed by atoms with Crippen LogP contribution in [0.4, 0.5) is 0 Å². The van der Waals surface area contributed by atoms with Gasteiger partial charge in [0.1, 0.15) is 23.9 Å². The maximum absolute atomic E-state index is 6.14. The van der Waals surface area contributed by atoms with E-state index in [9.17, 15) is 0 Å². The maximum Gasteiger partial charge on any atom is 0.127 e. The van der Waals surface area contributed by atoms with Crippen molar-refractivity contribution in [3.8, 4) is 17.2 Å². The van der Waals surface area contributed by atoms with Gasteiger partial charge in [0.05, 0.1) is 0 Å². The van der Waals surface area contributed by atoms with Crippen LogP contribution >= 0.6 is 23.2 Å². The van der Waals surface area contributed by atoms with Crippen LogP contribution in [0.1, 0.15) is 11.1 Å². The highest BCUT2D eigenvalue weighted by Gasteiger charge is 2.03. The van der Waals surface area contributed by atoms with E-state index in [1.165, 1.54) is 0 Å². The summed E-state index contributed by atoms with van der Waals surface area (Å²) in [5, 5.41) is 1.21. The second-order valence-corrected chi connectivity index (χ2v) is 6.26. The van der Waals surface area contributed by atoms with Crippen LogP contribution in [0.5, 0.6) is 17.2 Å². The maximum atomic E-state index is 6.14. The average Bonchev–Trinajstić information content (AvgIpc) is 2.55. The van der Waals surface area contributed by atoms with Gasteiger partial charge < -0.3 is 9.47 Å². The predicted molar refractivity (Wildman–Crippen MR) is 98.5 cm³/mol. The van der Waals surface area contributed by atoms with Crippen molar-refractivity contribution in [2.24, 2.45) is 0 Å². The van der Waals surface area contributed by atoms with E-state index in [4.69, 9.17) is 32.7 Å². The Morgan fingerprint density at radius 3 is 2.25 bits per heavy atom. The Balaban J connectivity index is 1.62. The highest BCUT2D eigenvalue weighted by molar-refractivity contribution is 6.35. The van der Waals surface area contributed by atoms with Gasteiger partial charge in [-0.25, -0.2) is 0 Å². The third-order valence-corrected chi connectivity index (χ3v) is 4.05. The fourth-order valence-corrected chi connectivity index (χ4v) is 2.68.